The van der Waals surface area contributed by atoms with Crippen molar-refractivity contribution < 1.29 is 13.9 Å². The number of benzene rings is 2. The fraction of sp³-hybridized carbons (Fsp3) is 0.179. The van der Waals surface area contributed by atoms with Gasteiger partial charge in [0.2, 0.25) is 5.91 Å². The van der Waals surface area contributed by atoms with Crippen molar-refractivity contribution in [3.8, 4) is 11.4 Å². The predicted molar refractivity (Wildman–Crippen MR) is 144 cm³/mol. The van der Waals surface area contributed by atoms with Crippen molar-refractivity contribution in [3.63, 3.8) is 0 Å². The molecule has 2 aromatic carbocycles. The Hall–Kier alpha value is -4.24. The molecule has 2 N–H and O–H groups in total. The Balaban J connectivity index is 1.45. The molecule has 0 radical (unpaired) electrons. The summed E-state index contributed by atoms with van der Waals surface area (Å²) >= 11 is 5.73. The lowest BCUT2D eigenvalue weighted by Gasteiger charge is -2.29. The Morgan fingerprint density at radius 1 is 1.08 bits per heavy atom. The average molecular weight is 516 g/mol. The molecule has 0 bridgehead atoms. The zero-order chi connectivity index (χ0) is 25.8. The summed E-state index contributed by atoms with van der Waals surface area (Å²) in [5.41, 5.74) is 2.68. The molecule has 37 heavy (non-hydrogen) atoms. The van der Waals surface area contributed by atoms with Crippen molar-refractivity contribution in [1.82, 2.24) is 19.8 Å². The first-order chi connectivity index (χ1) is 18.1. The standard InChI is InChI=1S/C28H26FN5O2S/c1-36-24-14-5-3-10-20(24)31-25(35)15-18-34-27(26(32-28(34)37)21-11-6-7-16-30-21)23-13-8-17-33(23)22-12-4-2-9-19(22)29/h2-14,16-17,26-27H,15,18H2,1H3,(H,31,35)(H,32,37). The third-order valence-electron chi connectivity index (χ3n) is 6.35. The van der Waals surface area contributed by atoms with Gasteiger partial charge in [-0.15, -0.1) is 0 Å². The van der Waals surface area contributed by atoms with Gasteiger partial charge in [-0.3, -0.25) is 9.78 Å². The Morgan fingerprint density at radius 3 is 2.65 bits per heavy atom. The maximum Gasteiger partial charge on any atom is 0.226 e. The third kappa shape index (κ3) is 5.03. The Bertz CT molecular complexity index is 1410. The van der Waals surface area contributed by atoms with Gasteiger partial charge in [-0.05, 0) is 60.7 Å². The number of ether oxygens (including phenoxy) is 1. The summed E-state index contributed by atoms with van der Waals surface area (Å²) in [4.78, 5) is 19.4. The van der Waals surface area contributed by atoms with Gasteiger partial charge in [0.1, 0.15) is 11.6 Å². The molecule has 2 unspecified atom stereocenters. The molecule has 0 saturated carbocycles. The highest BCUT2D eigenvalue weighted by atomic mass is 32.1. The Labute approximate surface area is 219 Å². The molecule has 2 aromatic heterocycles. The summed E-state index contributed by atoms with van der Waals surface area (Å²) in [5, 5.41) is 6.80. The lowest BCUT2D eigenvalue weighted by atomic mass is 10.0. The molecule has 4 aromatic rings. The van der Waals surface area contributed by atoms with E-state index in [9.17, 15) is 9.18 Å². The van der Waals surface area contributed by atoms with Crippen molar-refractivity contribution in [2.75, 3.05) is 19.0 Å². The molecule has 1 amide bonds. The topological polar surface area (TPSA) is 71.4 Å². The predicted octanol–water partition coefficient (Wildman–Crippen LogP) is 5.02. The number of pyridine rings is 1. The summed E-state index contributed by atoms with van der Waals surface area (Å²) in [5.74, 6) is 0.0902. The Morgan fingerprint density at radius 2 is 1.86 bits per heavy atom. The van der Waals surface area contributed by atoms with Crippen LogP contribution in [-0.2, 0) is 4.79 Å². The molecule has 1 saturated heterocycles. The second-order valence-electron chi connectivity index (χ2n) is 8.57. The summed E-state index contributed by atoms with van der Waals surface area (Å²) in [6, 6.07) is 22.8. The van der Waals surface area contributed by atoms with Crippen LogP contribution in [0.4, 0.5) is 10.1 Å². The number of para-hydroxylation sites is 3. The van der Waals surface area contributed by atoms with Crippen LogP contribution in [0.2, 0.25) is 0 Å². The van der Waals surface area contributed by atoms with Crippen molar-refractivity contribution in [2.24, 2.45) is 0 Å². The fourth-order valence-corrected chi connectivity index (χ4v) is 4.98. The van der Waals surface area contributed by atoms with Gasteiger partial charge in [0.05, 0.1) is 36.3 Å². The monoisotopic (exact) mass is 515 g/mol. The number of rotatable bonds is 8. The lowest BCUT2D eigenvalue weighted by molar-refractivity contribution is -0.116. The van der Waals surface area contributed by atoms with E-state index in [1.165, 1.54) is 6.07 Å². The van der Waals surface area contributed by atoms with Crippen LogP contribution >= 0.6 is 12.2 Å². The zero-order valence-corrected chi connectivity index (χ0v) is 21.0. The van der Waals surface area contributed by atoms with Gasteiger partial charge in [0, 0.05) is 31.1 Å². The third-order valence-corrected chi connectivity index (χ3v) is 6.71. The number of halogens is 1. The molecule has 1 aliphatic rings. The molecule has 3 heterocycles. The number of carbonyl (C=O) groups excluding carboxylic acids is 1. The molecule has 2 atom stereocenters. The first-order valence-electron chi connectivity index (χ1n) is 11.9. The van der Waals surface area contributed by atoms with E-state index in [1.54, 1.807) is 43.6 Å². The van der Waals surface area contributed by atoms with Gasteiger partial charge < -0.3 is 24.8 Å². The zero-order valence-electron chi connectivity index (χ0n) is 20.2. The second-order valence-corrected chi connectivity index (χ2v) is 8.96. The van der Waals surface area contributed by atoms with E-state index < -0.39 is 0 Å². The molecule has 0 aliphatic carbocycles. The van der Waals surface area contributed by atoms with E-state index in [4.69, 9.17) is 17.0 Å². The normalized spacial score (nSPS) is 16.9. The summed E-state index contributed by atoms with van der Waals surface area (Å²) in [6.07, 6.45) is 3.75. The number of carbonyl (C=O) groups is 1. The minimum Gasteiger partial charge on any atom is -0.495 e. The molecule has 1 aliphatic heterocycles. The van der Waals surface area contributed by atoms with E-state index in [0.29, 0.717) is 28.8 Å². The number of aromatic nitrogens is 2. The van der Waals surface area contributed by atoms with Gasteiger partial charge in [-0.1, -0.05) is 30.3 Å². The minimum absolute atomic E-state index is 0.170. The molecule has 188 valence electrons. The smallest absolute Gasteiger partial charge is 0.226 e. The van der Waals surface area contributed by atoms with Crippen molar-refractivity contribution in [2.45, 2.75) is 18.5 Å². The van der Waals surface area contributed by atoms with E-state index >= 15 is 0 Å². The van der Waals surface area contributed by atoms with Crippen molar-refractivity contribution in [3.05, 3.63) is 108 Å². The summed E-state index contributed by atoms with van der Waals surface area (Å²) in [7, 11) is 1.56. The number of hydrogen-bond acceptors (Lipinski definition) is 4. The van der Waals surface area contributed by atoms with Crippen LogP contribution in [0.5, 0.6) is 5.75 Å². The summed E-state index contributed by atoms with van der Waals surface area (Å²) < 4.78 is 22.0. The van der Waals surface area contributed by atoms with Crippen LogP contribution in [0.15, 0.2) is 91.3 Å². The number of nitrogens with one attached hydrogen (secondary N) is 2. The number of nitrogens with zero attached hydrogens (tertiary/aromatic N) is 3. The number of methoxy groups -OCH3 is 1. The lowest BCUT2D eigenvalue weighted by Crippen LogP contribution is -2.33. The second kappa shape index (κ2) is 10.8. The van der Waals surface area contributed by atoms with E-state index in [0.717, 1.165) is 11.4 Å². The number of thiocarbonyl (C=S) groups is 1. The van der Waals surface area contributed by atoms with Gasteiger partial charge in [0.15, 0.2) is 5.11 Å². The van der Waals surface area contributed by atoms with E-state index in [1.807, 2.05) is 58.1 Å². The first kappa shape index (κ1) is 24.5. The van der Waals surface area contributed by atoms with Crippen molar-refractivity contribution in [1.29, 1.82) is 0 Å². The SMILES string of the molecule is COc1ccccc1NC(=O)CCN1C(=S)NC(c2ccccn2)C1c1cccn1-c1ccccc1F. The highest BCUT2D eigenvalue weighted by molar-refractivity contribution is 7.80. The summed E-state index contributed by atoms with van der Waals surface area (Å²) in [6.45, 7) is 0.350. The number of amides is 1. The van der Waals surface area contributed by atoms with Gasteiger partial charge in [-0.2, -0.15) is 0 Å². The van der Waals surface area contributed by atoms with E-state index in [-0.39, 0.29) is 30.2 Å². The van der Waals surface area contributed by atoms with Gasteiger partial charge in [0.25, 0.3) is 0 Å². The molecule has 7 nitrogen and oxygen atoms in total. The first-order valence-corrected chi connectivity index (χ1v) is 12.3. The average Bonchev–Trinajstić information content (AvgIpc) is 3.52. The quantitative estimate of drug-likeness (QED) is 0.321. The fourth-order valence-electron chi connectivity index (χ4n) is 4.65. The molecule has 9 heteroatoms. The van der Waals surface area contributed by atoms with Gasteiger partial charge >= 0.3 is 0 Å². The Kier molecular flexibility index (Phi) is 7.14. The van der Waals surface area contributed by atoms with Crippen LogP contribution in [-0.4, -0.2) is 39.1 Å². The van der Waals surface area contributed by atoms with Crippen LogP contribution < -0.4 is 15.4 Å². The van der Waals surface area contributed by atoms with E-state index in [2.05, 4.69) is 15.6 Å². The van der Waals surface area contributed by atoms with Crippen LogP contribution in [0.3, 0.4) is 0 Å². The molecular weight excluding hydrogens is 489 g/mol. The highest BCUT2D eigenvalue weighted by Gasteiger charge is 2.41. The molecular formula is C28H26FN5O2S. The minimum atomic E-state index is -0.328. The molecule has 5 rings (SSSR count). The molecule has 1 fully saturated rings. The molecule has 0 spiro atoms. The van der Waals surface area contributed by atoms with Crippen LogP contribution in [0.25, 0.3) is 5.69 Å². The number of hydrogen-bond donors (Lipinski definition) is 2. The highest BCUT2D eigenvalue weighted by Crippen LogP contribution is 2.39. The van der Waals surface area contributed by atoms with Gasteiger partial charge in [-0.25, -0.2) is 4.39 Å². The van der Waals surface area contributed by atoms with Crippen molar-refractivity contribution >= 4 is 28.9 Å². The van der Waals surface area contributed by atoms with Crippen LogP contribution in [0, 0.1) is 5.82 Å². The largest absolute Gasteiger partial charge is 0.495 e. The maximum absolute atomic E-state index is 14.8. The van der Waals surface area contributed by atoms with Crippen LogP contribution in [0.1, 0.15) is 29.9 Å². The maximum atomic E-state index is 14.8. The number of anilines is 1.